The third kappa shape index (κ3) is 6.11. The van der Waals surface area contributed by atoms with Gasteiger partial charge in [-0.1, -0.05) is 86.3 Å². The largest absolute Gasteiger partial charge is 0.127 e. The molecule has 0 saturated heterocycles. The molecule has 0 atom stereocenters. The first-order chi connectivity index (χ1) is 10.9. The molecule has 0 amide bonds. The highest BCUT2D eigenvalue weighted by Crippen LogP contribution is 2.34. The zero-order valence-electron chi connectivity index (χ0n) is 13.3. The molecule has 2 heteroatoms. The van der Waals surface area contributed by atoms with Gasteiger partial charge in [0.15, 0.2) is 0 Å². The second-order valence-electron chi connectivity index (χ2n) is 5.63. The minimum absolute atomic E-state index is 0.200. The van der Waals surface area contributed by atoms with Gasteiger partial charge in [0.1, 0.15) is 0 Å². The fourth-order valence-electron chi connectivity index (χ4n) is 2.69. The van der Waals surface area contributed by atoms with Gasteiger partial charge in [-0.25, -0.2) is 0 Å². The molecule has 0 unspecified atom stereocenters. The number of benzene rings is 2. The fraction of sp³-hybridized carbons (Fsp3) is 0.400. The number of alkyl halides is 1. The second-order valence-corrected chi connectivity index (χ2v) is 8.35. The van der Waals surface area contributed by atoms with Gasteiger partial charge in [-0.15, -0.1) is 11.6 Å². The second kappa shape index (κ2) is 10.8. The van der Waals surface area contributed by atoms with Crippen LogP contribution < -0.4 is 10.6 Å². The van der Waals surface area contributed by atoms with Crippen molar-refractivity contribution in [1.82, 2.24) is 0 Å². The summed E-state index contributed by atoms with van der Waals surface area (Å²) in [7, 11) is -0.200. The van der Waals surface area contributed by atoms with Crippen molar-refractivity contribution in [2.24, 2.45) is 0 Å². The Hall–Kier alpha value is -0.840. The molecule has 2 aromatic rings. The van der Waals surface area contributed by atoms with Gasteiger partial charge in [0.2, 0.25) is 0 Å². The summed E-state index contributed by atoms with van der Waals surface area (Å²) < 4.78 is 0. The molecule has 0 bridgehead atoms. The summed E-state index contributed by atoms with van der Waals surface area (Å²) in [5.74, 6) is 0.813. The van der Waals surface area contributed by atoms with E-state index in [9.17, 15) is 0 Å². The molecule has 22 heavy (non-hydrogen) atoms. The molecule has 2 rings (SSSR count). The van der Waals surface area contributed by atoms with Gasteiger partial charge in [0.05, 0.1) is 0 Å². The molecule has 118 valence electrons. The molecule has 0 aliphatic rings. The van der Waals surface area contributed by atoms with Crippen LogP contribution in [-0.2, 0) is 0 Å². The molecule has 0 heterocycles. The van der Waals surface area contributed by atoms with Gasteiger partial charge in [0.25, 0.3) is 0 Å². The Balaban J connectivity index is 1.87. The summed E-state index contributed by atoms with van der Waals surface area (Å²) >= 11 is 5.72. The Kier molecular flexibility index (Phi) is 8.61. The monoisotopic (exact) mass is 332 g/mol. The van der Waals surface area contributed by atoms with E-state index in [4.69, 9.17) is 11.6 Å². The number of hydrogen-bond acceptors (Lipinski definition) is 0. The highest BCUT2D eigenvalue weighted by molar-refractivity contribution is 7.73. The molecular weight excluding hydrogens is 307 g/mol. The Morgan fingerprint density at radius 2 is 1.05 bits per heavy atom. The highest BCUT2D eigenvalue weighted by atomic mass is 35.5. The summed E-state index contributed by atoms with van der Waals surface area (Å²) in [6.45, 7) is 0. The lowest BCUT2D eigenvalue weighted by Gasteiger charge is -2.18. The van der Waals surface area contributed by atoms with Crippen LogP contribution in [0.25, 0.3) is 0 Å². The van der Waals surface area contributed by atoms with E-state index in [2.05, 4.69) is 60.7 Å². The topological polar surface area (TPSA) is 0 Å². The van der Waals surface area contributed by atoms with Crippen LogP contribution in [-0.4, -0.2) is 12.0 Å². The van der Waals surface area contributed by atoms with Gasteiger partial charge in [-0.3, -0.25) is 0 Å². The zero-order valence-corrected chi connectivity index (χ0v) is 14.9. The molecule has 0 saturated carbocycles. The molecule has 0 spiro atoms. The molecule has 0 radical (unpaired) electrons. The Morgan fingerprint density at radius 1 is 0.591 bits per heavy atom. The van der Waals surface area contributed by atoms with Crippen molar-refractivity contribution < 1.29 is 0 Å². The SMILES string of the molecule is ClCCCCCCCCP(c1ccccc1)c1ccccc1. The lowest BCUT2D eigenvalue weighted by Crippen LogP contribution is -2.13. The van der Waals surface area contributed by atoms with E-state index in [-0.39, 0.29) is 7.92 Å². The van der Waals surface area contributed by atoms with E-state index in [1.54, 1.807) is 0 Å². The van der Waals surface area contributed by atoms with Crippen molar-refractivity contribution >= 4 is 30.1 Å². The fourth-order valence-corrected chi connectivity index (χ4v) is 5.30. The summed E-state index contributed by atoms with van der Waals surface area (Å²) in [5.41, 5.74) is 0. The van der Waals surface area contributed by atoms with Crippen molar-refractivity contribution in [2.45, 2.75) is 38.5 Å². The van der Waals surface area contributed by atoms with Gasteiger partial charge >= 0.3 is 0 Å². The van der Waals surface area contributed by atoms with E-state index >= 15 is 0 Å². The highest BCUT2D eigenvalue weighted by Gasteiger charge is 2.12. The average molecular weight is 333 g/mol. The van der Waals surface area contributed by atoms with Crippen molar-refractivity contribution in [1.29, 1.82) is 0 Å². The quantitative estimate of drug-likeness (QED) is 0.297. The van der Waals surface area contributed by atoms with E-state index in [1.807, 2.05) is 0 Å². The first kappa shape index (κ1) is 17.5. The van der Waals surface area contributed by atoms with Crippen molar-refractivity contribution in [3.8, 4) is 0 Å². The number of hydrogen-bond donors (Lipinski definition) is 0. The lowest BCUT2D eigenvalue weighted by molar-refractivity contribution is 0.628. The van der Waals surface area contributed by atoms with Crippen LogP contribution in [0.5, 0.6) is 0 Å². The molecule has 0 aliphatic carbocycles. The average Bonchev–Trinajstić information content (AvgIpc) is 2.59. The standard InChI is InChI=1S/C20H26ClP/c21-17-11-3-1-2-4-12-18-22(19-13-7-5-8-14-19)20-15-9-6-10-16-20/h5-10,13-16H,1-4,11-12,17-18H2. The van der Waals surface area contributed by atoms with Gasteiger partial charge in [-0.05, 0) is 37.5 Å². The molecule has 0 aliphatic heterocycles. The molecule has 0 fully saturated rings. The Labute approximate surface area is 141 Å². The van der Waals surface area contributed by atoms with Crippen LogP contribution >= 0.6 is 19.5 Å². The van der Waals surface area contributed by atoms with Crippen LogP contribution in [0.4, 0.5) is 0 Å². The Bertz CT molecular complexity index is 458. The first-order valence-electron chi connectivity index (χ1n) is 8.35. The maximum atomic E-state index is 5.72. The summed E-state index contributed by atoms with van der Waals surface area (Å²) in [4.78, 5) is 0. The van der Waals surface area contributed by atoms with Crippen LogP contribution in [0.1, 0.15) is 38.5 Å². The maximum Gasteiger partial charge on any atom is 0.0223 e. The third-order valence-electron chi connectivity index (χ3n) is 3.90. The van der Waals surface area contributed by atoms with E-state index < -0.39 is 0 Å². The predicted octanol–water partition coefficient (Wildman–Crippen LogP) is 5.70. The van der Waals surface area contributed by atoms with Crippen LogP contribution in [0.3, 0.4) is 0 Å². The van der Waals surface area contributed by atoms with Crippen molar-refractivity contribution in [2.75, 3.05) is 12.0 Å². The van der Waals surface area contributed by atoms with Crippen LogP contribution in [0, 0.1) is 0 Å². The number of halogens is 1. The van der Waals surface area contributed by atoms with E-state index in [1.165, 1.54) is 55.3 Å². The third-order valence-corrected chi connectivity index (χ3v) is 6.77. The van der Waals surface area contributed by atoms with Crippen molar-refractivity contribution in [3.05, 3.63) is 60.7 Å². The zero-order chi connectivity index (χ0) is 15.5. The summed E-state index contributed by atoms with van der Waals surface area (Å²) in [6, 6.07) is 22.0. The van der Waals surface area contributed by atoms with Gasteiger partial charge < -0.3 is 0 Å². The summed E-state index contributed by atoms with van der Waals surface area (Å²) in [5, 5.41) is 3.01. The number of rotatable bonds is 10. The van der Waals surface area contributed by atoms with Crippen molar-refractivity contribution in [3.63, 3.8) is 0 Å². The predicted molar refractivity (Wildman–Crippen MR) is 102 cm³/mol. The van der Waals surface area contributed by atoms with E-state index in [0.29, 0.717) is 0 Å². The van der Waals surface area contributed by atoms with Crippen LogP contribution in [0.2, 0.25) is 0 Å². The summed E-state index contributed by atoms with van der Waals surface area (Å²) in [6.07, 6.45) is 9.12. The molecule has 0 N–H and O–H groups in total. The first-order valence-corrected chi connectivity index (χ1v) is 10.4. The normalized spacial score (nSPS) is 11.0. The van der Waals surface area contributed by atoms with Gasteiger partial charge in [0, 0.05) is 5.88 Å². The minimum Gasteiger partial charge on any atom is -0.127 e. The smallest absolute Gasteiger partial charge is 0.0223 e. The Morgan fingerprint density at radius 3 is 1.55 bits per heavy atom. The molecule has 2 aromatic carbocycles. The maximum absolute atomic E-state index is 5.72. The van der Waals surface area contributed by atoms with E-state index in [0.717, 1.165) is 5.88 Å². The molecule has 0 nitrogen and oxygen atoms in total. The number of unbranched alkanes of at least 4 members (excludes halogenated alkanes) is 5. The molecular formula is C20H26ClP. The van der Waals surface area contributed by atoms with Gasteiger partial charge in [-0.2, -0.15) is 0 Å². The van der Waals surface area contributed by atoms with Crippen LogP contribution in [0.15, 0.2) is 60.7 Å². The minimum atomic E-state index is -0.200. The lowest BCUT2D eigenvalue weighted by atomic mass is 10.1. The molecule has 0 aromatic heterocycles.